The number of carbonyl (C=O) groups excluding carboxylic acids is 3. The summed E-state index contributed by atoms with van der Waals surface area (Å²) in [4.78, 5) is 35.8. The summed E-state index contributed by atoms with van der Waals surface area (Å²) < 4.78 is 18.8. The van der Waals surface area contributed by atoms with Gasteiger partial charge in [0, 0.05) is 23.6 Å². The lowest BCUT2D eigenvalue weighted by molar-refractivity contribution is -0.136. The molecule has 140 valence electrons. The molecule has 0 atom stereocenters. The van der Waals surface area contributed by atoms with E-state index in [2.05, 4.69) is 5.32 Å². The van der Waals surface area contributed by atoms with Crippen molar-refractivity contribution >= 4 is 41.2 Å². The second-order valence-corrected chi connectivity index (χ2v) is 6.39. The van der Waals surface area contributed by atoms with E-state index in [1.807, 2.05) is 30.5 Å². The van der Waals surface area contributed by atoms with Crippen molar-refractivity contribution < 1.29 is 23.5 Å². The van der Waals surface area contributed by atoms with E-state index in [0.717, 1.165) is 16.5 Å². The summed E-state index contributed by atoms with van der Waals surface area (Å²) in [6.07, 6.45) is 4.74. The highest BCUT2D eigenvalue weighted by molar-refractivity contribution is 7.98. The lowest BCUT2D eigenvalue weighted by Crippen LogP contribution is -2.14. The summed E-state index contributed by atoms with van der Waals surface area (Å²) in [6, 6.07) is 11.2. The molecule has 0 radical (unpaired) electrons. The zero-order valence-corrected chi connectivity index (χ0v) is 15.6. The van der Waals surface area contributed by atoms with Gasteiger partial charge < -0.3 is 10.1 Å². The van der Waals surface area contributed by atoms with Crippen LogP contribution in [0.4, 0.5) is 10.1 Å². The Morgan fingerprint density at radius 1 is 1.15 bits per heavy atom. The van der Waals surface area contributed by atoms with Crippen LogP contribution in [0.5, 0.6) is 0 Å². The maximum atomic E-state index is 14.0. The molecule has 2 aromatic carbocycles. The van der Waals surface area contributed by atoms with Gasteiger partial charge in [-0.3, -0.25) is 9.59 Å². The predicted octanol–water partition coefficient (Wildman–Crippen LogP) is 3.95. The highest BCUT2D eigenvalue weighted by Crippen LogP contribution is 2.16. The molecule has 0 aliphatic carbocycles. The molecular formula is C20H18FNO4S. The minimum absolute atomic E-state index is 0.214. The van der Waals surface area contributed by atoms with Crippen LogP contribution in [0, 0.1) is 5.82 Å². The summed E-state index contributed by atoms with van der Waals surface area (Å²) in [5.74, 6) is -2.52. The van der Waals surface area contributed by atoms with Crippen molar-refractivity contribution in [1.29, 1.82) is 0 Å². The molecule has 27 heavy (non-hydrogen) atoms. The Balaban J connectivity index is 1.91. The molecule has 0 saturated carbocycles. The predicted molar refractivity (Wildman–Crippen MR) is 103 cm³/mol. The normalized spacial score (nSPS) is 10.6. The molecule has 0 bridgehead atoms. The van der Waals surface area contributed by atoms with Crippen LogP contribution in [-0.4, -0.2) is 30.5 Å². The number of ether oxygens (including phenoxy) is 1. The molecule has 0 saturated heterocycles. The molecule has 2 rings (SSSR count). The number of hydrogen-bond acceptors (Lipinski definition) is 5. The smallest absolute Gasteiger partial charge is 0.331 e. The fraction of sp³-hybridized carbons (Fsp3) is 0.150. The van der Waals surface area contributed by atoms with Crippen molar-refractivity contribution in [3.05, 3.63) is 65.5 Å². The van der Waals surface area contributed by atoms with Crippen LogP contribution in [0.3, 0.4) is 0 Å². The first-order chi connectivity index (χ1) is 12.9. The van der Waals surface area contributed by atoms with Crippen LogP contribution in [-0.2, 0) is 14.3 Å². The second-order valence-electron chi connectivity index (χ2n) is 5.51. The van der Waals surface area contributed by atoms with Gasteiger partial charge in [-0.1, -0.05) is 12.1 Å². The molecule has 0 aromatic heterocycles. The van der Waals surface area contributed by atoms with Gasteiger partial charge in [0.25, 0.3) is 0 Å². The zero-order chi connectivity index (χ0) is 19.8. The number of carbonyl (C=O) groups is 3. The Labute approximate surface area is 160 Å². The van der Waals surface area contributed by atoms with Crippen molar-refractivity contribution in [2.75, 3.05) is 18.2 Å². The molecule has 0 aliphatic heterocycles. The quantitative estimate of drug-likeness (QED) is 0.337. The zero-order valence-electron chi connectivity index (χ0n) is 14.8. The third-order valence-corrected chi connectivity index (χ3v) is 4.21. The molecule has 1 amide bonds. The van der Waals surface area contributed by atoms with Gasteiger partial charge in [0.05, 0.1) is 5.56 Å². The number of esters is 1. The lowest BCUT2D eigenvalue weighted by atomic mass is 10.1. The van der Waals surface area contributed by atoms with E-state index in [1.165, 1.54) is 25.1 Å². The first kappa shape index (κ1) is 20.4. The van der Waals surface area contributed by atoms with Crippen molar-refractivity contribution in [1.82, 2.24) is 0 Å². The lowest BCUT2D eigenvalue weighted by Gasteiger charge is -2.06. The van der Waals surface area contributed by atoms with Crippen molar-refractivity contribution in [3.63, 3.8) is 0 Å². The van der Waals surface area contributed by atoms with Crippen LogP contribution in [0.25, 0.3) is 6.08 Å². The molecule has 0 spiro atoms. The summed E-state index contributed by atoms with van der Waals surface area (Å²) in [5.41, 5.74) is 0.841. The van der Waals surface area contributed by atoms with E-state index in [4.69, 9.17) is 4.74 Å². The highest BCUT2D eigenvalue weighted by Gasteiger charge is 2.14. The Hall–Kier alpha value is -2.93. The molecule has 7 heteroatoms. The van der Waals surface area contributed by atoms with E-state index in [0.29, 0.717) is 0 Å². The van der Waals surface area contributed by atoms with Crippen LogP contribution in [0.2, 0.25) is 0 Å². The average Bonchev–Trinajstić information content (AvgIpc) is 2.64. The summed E-state index contributed by atoms with van der Waals surface area (Å²) in [5, 5.41) is 2.42. The maximum absolute atomic E-state index is 14.0. The summed E-state index contributed by atoms with van der Waals surface area (Å²) in [7, 11) is 0. The molecule has 0 fully saturated rings. The molecule has 0 heterocycles. The fourth-order valence-corrected chi connectivity index (χ4v) is 2.57. The highest BCUT2D eigenvalue weighted by atomic mass is 32.2. The van der Waals surface area contributed by atoms with Gasteiger partial charge in [-0.05, 0) is 48.2 Å². The molecule has 2 aromatic rings. The fourth-order valence-electron chi connectivity index (χ4n) is 2.16. The van der Waals surface area contributed by atoms with Crippen molar-refractivity contribution in [3.8, 4) is 0 Å². The first-order valence-electron chi connectivity index (χ1n) is 7.98. The number of nitrogens with one attached hydrogen (secondary N) is 1. The molecule has 0 aliphatic rings. The van der Waals surface area contributed by atoms with E-state index < -0.39 is 24.2 Å². The van der Waals surface area contributed by atoms with E-state index >= 15 is 0 Å². The number of halogens is 1. The van der Waals surface area contributed by atoms with E-state index in [-0.39, 0.29) is 17.2 Å². The molecule has 5 nitrogen and oxygen atoms in total. The van der Waals surface area contributed by atoms with Gasteiger partial charge in [-0.15, -0.1) is 11.8 Å². The largest absolute Gasteiger partial charge is 0.454 e. The van der Waals surface area contributed by atoms with E-state index in [1.54, 1.807) is 17.8 Å². The van der Waals surface area contributed by atoms with Crippen LogP contribution in [0.15, 0.2) is 53.4 Å². The van der Waals surface area contributed by atoms with Gasteiger partial charge in [0.2, 0.25) is 11.7 Å². The summed E-state index contributed by atoms with van der Waals surface area (Å²) in [6.45, 7) is 0.714. The van der Waals surface area contributed by atoms with Crippen LogP contribution >= 0.6 is 11.8 Å². The second kappa shape index (κ2) is 9.68. The Kier molecular flexibility index (Phi) is 7.31. The number of rotatable bonds is 7. The number of ketones is 1. The standard InChI is InChI=1S/C20H18FNO4S/c1-13(23)22-15-6-9-17(18(21)11-15)19(24)12-26-20(25)10-5-14-3-7-16(27-2)8-4-14/h3-11H,12H2,1-2H3,(H,22,23)/b10-5+. The SMILES string of the molecule is CSc1ccc(/C=C/C(=O)OCC(=O)c2ccc(NC(C)=O)cc2F)cc1. The van der Waals surface area contributed by atoms with Gasteiger partial charge in [-0.25, -0.2) is 9.18 Å². The number of amides is 1. The van der Waals surface area contributed by atoms with Crippen LogP contribution in [0.1, 0.15) is 22.8 Å². The monoisotopic (exact) mass is 387 g/mol. The third kappa shape index (κ3) is 6.38. The minimum atomic E-state index is -0.799. The summed E-state index contributed by atoms with van der Waals surface area (Å²) >= 11 is 1.61. The van der Waals surface area contributed by atoms with Crippen LogP contribution < -0.4 is 5.32 Å². The van der Waals surface area contributed by atoms with Gasteiger partial charge >= 0.3 is 5.97 Å². The van der Waals surface area contributed by atoms with Gasteiger partial charge in [0.15, 0.2) is 6.61 Å². The molecule has 0 unspecified atom stereocenters. The van der Waals surface area contributed by atoms with E-state index in [9.17, 15) is 18.8 Å². The number of anilines is 1. The molecular weight excluding hydrogens is 369 g/mol. The van der Waals surface area contributed by atoms with Crippen molar-refractivity contribution in [2.45, 2.75) is 11.8 Å². The first-order valence-corrected chi connectivity index (χ1v) is 9.20. The van der Waals surface area contributed by atoms with Gasteiger partial charge in [0.1, 0.15) is 5.82 Å². The molecule has 1 N–H and O–H groups in total. The Bertz CT molecular complexity index is 878. The maximum Gasteiger partial charge on any atom is 0.331 e. The number of benzene rings is 2. The Morgan fingerprint density at radius 2 is 1.85 bits per heavy atom. The number of Topliss-reactive ketones (excluding diaryl/α,β-unsaturated/α-hetero) is 1. The topological polar surface area (TPSA) is 72.5 Å². The van der Waals surface area contributed by atoms with Gasteiger partial charge in [-0.2, -0.15) is 0 Å². The minimum Gasteiger partial charge on any atom is -0.454 e. The Morgan fingerprint density at radius 3 is 2.44 bits per heavy atom. The number of hydrogen-bond donors (Lipinski definition) is 1. The third-order valence-electron chi connectivity index (χ3n) is 3.46. The van der Waals surface area contributed by atoms with Crippen molar-refractivity contribution in [2.24, 2.45) is 0 Å². The number of thioether (sulfide) groups is 1. The average molecular weight is 387 g/mol.